The zero-order chi connectivity index (χ0) is 11.3. The molecule has 2 N–H and O–H groups in total. The number of nitrogens with two attached hydrogens (primary N) is 1. The van der Waals surface area contributed by atoms with Crippen LogP contribution in [0.1, 0.15) is 5.56 Å². The molecule has 0 unspecified atom stereocenters. The summed E-state index contributed by atoms with van der Waals surface area (Å²) in [6, 6.07) is 3.74. The highest BCUT2D eigenvalue weighted by Crippen LogP contribution is 1.98. The number of carbonyl (C=O) groups excluding carboxylic acids is 2. The van der Waals surface area contributed by atoms with Crippen molar-refractivity contribution < 1.29 is 9.59 Å². The van der Waals surface area contributed by atoms with Crippen molar-refractivity contribution in [2.45, 2.75) is 6.42 Å². The van der Waals surface area contributed by atoms with Crippen LogP contribution in [0.2, 0.25) is 0 Å². The normalized spacial score (nSPS) is 9.67. The average Bonchev–Trinajstić information content (AvgIpc) is 2.26. The van der Waals surface area contributed by atoms with Gasteiger partial charge in [-0.15, -0.1) is 0 Å². The van der Waals surface area contributed by atoms with Crippen molar-refractivity contribution in [3.05, 3.63) is 30.1 Å². The van der Waals surface area contributed by atoms with E-state index in [0.29, 0.717) is 13.0 Å². The van der Waals surface area contributed by atoms with Crippen LogP contribution in [0.5, 0.6) is 0 Å². The Morgan fingerprint density at radius 2 is 2.27 bits per heavy atom. The van der Waals surface area contributed by atoms with Gasteiger partial charge in [-0.05, 0) is 18.1 Å². The summed E-state index contributed by atoms with van der Waals surface area (Å²) in [6.07, 6.45) is 4.06. The third-order valence-corrected chi connectivity index (χ3v) is 2.02. The predicted octanol–water partition coefficient (Wildman–Crippen LogP) is -0.432. The number of hydrogen-bond donors (Lipinski definition) is 1. The fraction of sp³-hybridized carbons (Fsp3) is 0.300. The first-order chi connectivity index (χ1) is 7.11. The Hall–Kier alpha value is -1.91. The van der Waals surface area contributed by atoms with E-state index in [2.05, 4.69) is 4.98 Å². The van der Waals surface area contributed by atoms with Gasteiger partial charge in [0.2, 0.25) is 0 Å². The molecule has 2 amide bonds. The van der Waals surface area contributed by atoms with Crippen LogP contribution in [0.4, 0.5) is 0 Å². The number of aromatic nitrogens is 1. The van der Waals surface area contributed by atoms with Crippen LogP contribution >= 0.6 is 0 Å². The largest absolute Gasteiger partial charge is 0.361 e. The molecular formula is C10H13N3O2. The smallest absolute Gasteiger partial charge is 0.311 e. The third kappa shape index (κ3) is 3.38. The highest BCUT2D eigenvalue weighted by molar-refractivity contribution is 6.34. The summed E-state index contributed by atoms with van der Waals surface area (Å²) in [4.78, 5) is 26.9. The molecule has 0 aliphatic carbocycles. The molecule has 1 aromatic rings. The molecule has 0 radical (unpaired) electrons. The SMILES string of the molecule is CN(CCc1cccnc1)C(=O)C(N)=O. The summed E-state index contributed by atoms with van der Waals surface area (Å²) in [5, 5.41) is 0. The Bertz CT molecular complexity index is 351. The zero-order valence-corrected chi connectivity index (χ0v) is 8.51. The number of amides is 2. The minimum Gasteiger partial charge on any atom is -0.361 e. The molecule has 5 heteroatoms. The Morgan fingerprint density at radius 1 is 1.53 bits per heavy atom. The van der Waals surface area contributed by atoms with E-state index in [1.807, 2.05) is 12.1 Å². The third-order valence-electron chi connectivity index (χ3n) is 2.02. The Balaban J connectivity index is 2.44. The van der Waals surface area contributed by atoms with Crippen molar-refractivity contribution >= 4 is 11.8 Å². The first-order valence-corrected chi connectivity index (χ1v) is 4.55. The highest BCUT2D eigenvalue weighted by Gasteiger charge is 2.13. The van der Waals surface area contributed by atoms with Gasteiger partial charge < -0.3 is 10.6 Å². The van der Waals surface area contributed by atoms with Crippen LogP contribution in [-0.4, -0.2) is 35.3 Å². The number of primary amides is 1. The van der Waals surface area contributed by atoms with Gasteiger partial charge in [-0.1, -0.05) is 6.07 Å². The van der Waals surface area contributed by atoms with E-state index in [-0.39, 0.29) is 0 Å². The Morgan fingerprint density at radius 3 is 2.80 bits per heavy atom. The molecule has 1 heterocycles. The van der Waals surface area contributed by atoms with E-state index >= 15 is 0 Å². The summed E-state index contributed by atoms with van der Waals surface area (Å²) in [5.74, 6) is -1.59. The van der Waals surface area contributed by atoms with Gasteiger partial charge >= 0.3 is 11.8 Å². The minimum atomic E-state index is -0.927. The standard InChI is InChI=1S/C10H13N3O2/c1-13(10(15)9(11)14)6-4-8-3-2-5-12-7-8/h2-3,5,7H,4,6H2,1H3,(H2,11,14). The summed E-state index contributed by atoms with van der Waals surface area (Å²) >= 11 is 0. The number of nitrogens with zero attached hydrogens (tertiary/aromatic N) is 2. The molecule has 80 valence electrons. The van der Waals surface area contributed by atoms with E-state index in [4.69, 9.17) is 5.73 Å². The van der Waals surface area contributed by atoms with Crippen LogP contribution in [0.3, 0.4) is 0 Å². The lowest BCUT2D eigenvalue weighted by Gasteiger charge is -2.14. The fourth-order valence-electron chi connectivity index (χ4n) is 1.13. The van der Waals surface area contributed by atoms with Crippen molar-refractivity contribution in [1.29, 1.82) is 0 Å². The van der Waals surface area contributed by atoms with Crippen LogP contribution in [0.15, 0.2) is 24.5 Å². The van der Waals surface area contributed by atoms with Gasteiger partial charge in [0.1, 0.15) is 0 Å². The molecule has 0 aliphatic heterocycles. The lowest BCUT2D eigenvalue weighted by molar-refractivity contribution is -0.143. The number of rotatable bonds is 3. The quantitative estimate of drug-likeness (QED) is 0.683. The number of carbonyl (C=O) groups is 2. The molecule has 0 spiro atoms. The van der Waals surface area contributed by atoms with Gasteiger partial charge in [0.25, 0.3) is 0 Å². The number of likely N-dealkylation sites (N-methyl/N-ethyl adjacent to an activating group) is 1. The number of hydrogen-bond acceptors (Lipinski definition) is 3. The van der Waals surface area contributed by atoms with Gasteiger partial charge in [-0.25, -0.2) is 0 Å². The van der Waals surface area contributed by atoms with Crippen molar-refractivity contribution in [1.82, 2.24) is 9.88 Å². The van der Waals surface area contributed by atoms with Gasteiger partial charge in [0.05, 0.1) is 0 Å². The maximum Gasteiger partial charge on any atom is 0.311 e. The first-order valence-electron chi connectivity index (χ1n) is 4.55. The first kappa shape index (κ1) is 11.2. The second-order valence-electron chi connectivity index (χ2n) is 3.20. The second-order valence-corrected chi connectivity index (χ2v) is 3.20. The van der Waals surface area contributed by atoms with E-state index < -0.39 is 11.8 Å². The fourth-order valence-corrected chi connectivity index (χ4v) is 1.13. The monoisotopic (exact) mass is 207 g/mol. The second kappa shape index (κ2) is 5.09. The summed E-state index contributed by atoms with van der Waals surface area (Å²) in [6.45, 7) is 0.452. The van der Waals surface area contributed by atoms with Gasteiger partial charge in [0, 0.05) is 26.0 Å². The van der Waals surface area contributed by atoms with Crippen LogP contribution < -0.4 is 5.73 Å². The van der Waals surface area contributed by atoms with Crippen LogP contribution in [-0.2, 0) is 16.0 Å². The average molecular weight is 207 g/mol. The summed E-state index contributed by atoms with van der Waals surface area (Å²) in [7, 11) is 1.55. The van der Waals surface area contributed by atoms with E-state index in [1.165, 1.54) is 4.90 Å². The Kier molecular flexibility index (Phi) is 3.79. The van der Waals surface area contributed by atoms with Crippen LogP contribution in [0.25, 0.3) is 0 Å². The molecular weight excluding hydrogens is 194 g/mol. The lowest BCUT2D eigenvalue weighted by atomic mass is 10.2. The van der Waals surface area contributed by atoms with Gasteiger partial charge in [-0.3, -0.25) is 14.6 Å². The highest BCUT2D eigenvalue weighted by atomic mass is 16.2. The molecule has 0 bridgehead atoms. The summed E-state index contributed by atoms with van der Waals surface area (Å²) in [5.41, 5.74) is 5.88. The van der Waals surface area contributed by atoms with Crippen molar-refractivity contribution in [2.75, 3.05) is 13.6 Å². The topological polar surface area (TPSA) is 76.3 Å². The van der Waals surface area contributed by atoms with Crippen molar-refractivity contribution in [3.8, 4) is 0 Å². The summed E-state index contributed by atoms with van der Waals surface area (Å²) < 4.78 is 0. The maximum atomic E-state index is 11.1. The molecule has 0 atom stereocenters. The lowest BCUT2D eigenvalue weighted by Crippen LogP contribution is -2.38. The van der Waals surface area contributed by atoms with Gasteiger partial charge in [-0.2, -0.15) is 0 Å². The van der Waals surface area contributed by atoms with Crippen molar-refractivity contribution in [2.24, 2.45) is 5.73 Å². The molecule has 1 aromatic heterocycles. The van der Waals surface area contributed by atoms with E-state index in [9.17, 15) is 9.59 Å². The minimum absolute atomic E-state index is 0.452. The molecule has 15 heavy (non-hydrogen) atoms. The van der Waals surface area contributed by atoms with Crippen molar-refractivity contribution in [3.63, 3.8) is 0 Å². The molecule has 0 aliphatic rings. The molecule has 0 aromatic carbocycles. The van der Waals surface area contributed by atoms with E-state index in [1.54, 1.807) is 19.4 Å². The maximum absolute atomic E-state index is 11.1. The molecule has 0 saturated heterocycles. The molecule has 5 nitrogen and oxygen atoms in total. The van der Waals surface area contributed by atoms with E-state index in [0.717, 1.165) is 5.56 Å². The molecule has 0 fully saturated rings. The van der Waals surface area contributed by atoms with Gasteiger partial charge in [0.15, 0.2) is 0 Å². The zero-order valence-electron chi connectivity index (χ0n) is 8.51. The Labute approximate surface area is 87.9 Å². The molecule has 1 rings (SSSR count). The molecule has 0 saturated carbocycles. The van der Waals surface area contributed by atoms with Crippen LogP contribution in [0, 0.1) is 0 Å². The number of pyridine rings is 1. The predicted molar refractivity (Wildman–Crippen MR) is 54.8 cm³/mol.